The predicted molar refractivity (Wildman–Crippen MR) is 95.5 cm³/mol. The lowest BCUT2D eigenvalue weighted by molar-refractivity contribution is -0.130. The second-order valence-electron chi connectivity index (χ2n) is 6.45. The van der Waals surface area contributed by atoms with Crippen molar-refractivity contribution in [2.24, 2.45) is 0 Å². The van der Waals surface area contributed by atoms with Gasteiger partial charge in [-0.25, -0.2) is 4.98 Å². The highest BCUT2D eigenvalue weighted by molar-refractivity contribution is 5.99. The largest absolute Gasteiger partial charge is 0.353 e. The fourth-order valence-electron chi connectivity index (χ4n) is 3.40. The highest BCUT2D eigenvalue weighted by Crippen LogP contribution is 2.24. The first kappa shape index (κ1) is 15.6. The Balaban J connectivity index is 1.35. The molecule has 0 bridgehead atoms. The maximum absolute atomic E-state index is 12.6. The number of nitrogens with zero attached hydrogens (tertiary/aromatic N) is 3. The summed E-state index contributed by atoms with van der Waals surface area (Å²) < 4.78 is 0. The lowest BCUT2D eigenvalue weighted by atomic mass is 10.1. The van der Waals surface area contributed by atoms with Crippen molar-refractivity contribution in [2.45, 2.75) is 12.8 Å². The van der Waals surface area contributed by atoms with Gasteiger partial charge in [-0.1, -0.05) is 18.2 Å². The number of piperazine rings is 1. The Bertz CT molecular complexity index is 798. The van der Waals surface area contributed by atoms with Crippen LogP contribution >= 0.6 is 0 Å². The van der Waals surface area contributed by atoms with Gasteiger partial charge < -0.3 is 15.1 Å². The quantitative estimate of drug-likeness (QED) is 0.922. The molecule has 6 heteroatoms. The minimum absolute atomic E-state index is 0.0177. The summed E-state index contributed by atoms with van der Waals surface area (Å²) in [5, 5.41) is 2.82. The lowest BCUT2D eigenvalue weighted by Crippen LogP contribution is -2.49. The van der Waals surface area contributed by atoms with Gasteiger partial charge in [0, 0.05) is 38.1 Å². The molecule has 0 saturated carbocycles. The Kier molecular flexibility index (Phi) is 4.09. The highest BCUT2D eigenvalue weighted by Gasteiger charge is 2.23. The van der Waals surface area contributed by atoms with Gasteiger partial charge in [0.05, 0.1) is 12.8 Å². The Hall–Kier alpha value is -2.89. The van der Waals surface area contributed by atoms with Gasteiger partial charge in [-0.3, -0.25) is 9.59 Å². The number of nitrogens with one attached hydrogen (secondary N) is 1. The summed E-state index contributed by atoms with van der Waals surface area (Å²) in [4.78, 5) is 32.5. The highest BCUT2D eigenvalue weighted by atomic mass is 16.2. The minimum Gasteiger partial charge on any atom is -0.353 e. The van der Waals surface area contributed by atoms with Crippen molar-refractivity contribution in [3.05, 3.63) is 53.7 Å². The van der Waals surface area contributed by atoms with Gasteiger partial charge in [-0.05, 0) is 29.3 Å². The minimum atomic E-state index is 0.0177. The molecule has 128 valence electrons. The first-order chi connectivity index (χ1) is 12.2. The maximum atomic E-state index is 12.6. The number of carbonyl (C=O) groups is 2. The first-order valence-electron chi connectivity index (χ1n) is 8.54. The fourth-order valence-corrected chi connectivity index (χ4v) is 3.40. The number of rotatable bonds is 3. The first-order valence-corrected chi connectivity index (χ1v) is 8.54. The lowest BCUT2D eigenvalue weighted by Gasteiger charge is -2.35. The van der Waals surface area contributed by atoms with Crippen LogP contribution in [0.4, 0.5) is 11.5 Å². The molecule has 2 aliphatic heterocycles. The summed E-state index contributed by atoms with van der Waals surface area (Å²) in [6, 6.07) is 11.7. The third-order valence-corrected chi connectivity index (χ3v) is 4.76. The molecule has 1 saturated heterocycles. The molecule has 0 atom stereocenters. The fraction of sp³-hybridized carbons (Fsp3) is 0.316. The van der Waals surface area contributed by atoms with E-state index >= 15 is 0 Å². The number of pyridine rings is 1. The number of hydrogen-bond acceptors (Lipinski definition) is 4. The number of anilines is 2. The zero-order valence-corrected chi connectivity index (χ0v) is 13.9. The third kappa shape index (κ3) is 3.33. The van der Waals surface area contributed by atoms with Crippen LogP contribution in [0.1, 0.15) is 11.1 Å². The molecule has 2 amide bonds. The zero-order chi connectivity index (χ0) is 17.2. The second kappa shape index (κ2) is 6.55. The van der Waals surface area contributed by atoms with E-state index in [9.17, 15) is 9.59 Å². The average molecular weight is 336 g/mol. The van der Waals surface area contributed by atoms with Gasteiger partial charge in [0.1, 0.15) is 5.82 Å². The maximum Gasteiger partial charge on any atom is 0.228 e. The molecular weight excluding hydrogens is 316 g/mol. The van der Waals surface area contributed by atoms with Crippen LogP contribution in [-0.2, 0) is 22.4 Å². The number of carbonyl (C=O) groups excluding carboxylic acids is 2. The summed E-state index contributed by atoms with van der Waals surface area (Å²) in [5.74, 6) is 1.12. The summed E-state index contributed by atoms with van der Waals surface area (Å²) >= 11 is 0. The third-order valence-electron chi connectivity index (χ3n) is 4.76. The number of benzene rings is 1. The molecule has 3 heterocycles. The van der Waals surface area contributed by atoms with Crippen molar-refractivity contribution in [3.8, 4) is 0 Å². The van der Waals surface area contributed by atoms with Gasteiger partial charge >= 0.3 is 0 Å². The number of aromatic nitrogens is 1. The van der Waals surface area contributed by atoms with Crippen molar-refractivity contribution in [1.29, 1.82) is 0 Å². The second-order valence-corrected chi connectivity index (χ2v) is 6.45. The van der Waals surface area contributed by atoms with Gasteiger partial charge in [0.15, 0.2) is 0 Å². The molecule has 0 spiro atoms. The van der Waals surface area contributed by atoms with Crippen LogP contribution in [0.2, 0.25) is 0 Å². The molecule has 6 nitrogen and oxygen atoms in total. The topological polar surface area (TPSA) is 65.5 Å². The number of amides is 2. The summed E-state index contributed by atoms with van der Waals surface area (Å²) in [6.45, 7) is 3.01. The van der Waals surface area contributed by atoms with E-state index in [0.717, 1.165) is 35.7 Å². The summed E-state index contributed by atoms with van der Waals surface area (Å²) in [5.41, 5.74) is 2.81. The standard InChI is InChI=1S/C19H20N4O2/c24-18-13-15-11-14(4-5-16(15)21-18)12-19(25)23-9-7-22(8-10-23)17-3-1-2-6-20-17/h1-6,11H,7-10,12-13H2,(H,21,24). The molecule has 0 unspecified atom stereocenters. The Morgan fingerprint density at radius 1 is 1.12 bits per heavy atom. The predicted octanol–water partition coefficient (Wildman–Crippen LogP) is 1.47. The summed E-state index contributed by atoms with van der Waals surface area (Å²) in [7, 11) is 0. The van der Waals surface area contributed by atoms with Crippen molar-refractivity contribution in [1.82, 2.24) is 9.88 Å². The molecule has 1 aromatic carbocycles. The van der Waals surface area contributed by atoms with Crippen molar-refractivity contribution in [3.63, 3.8) is 0 Å². The molecule has 1 fully saturated rings. The van der Waals surface area contributed by atoms with E-state index in [2.05, 4.69) is 15.2 Å². The molecule has 0 radical (unpaired) electrons. The van der Waals surface area contributed by atoms with Crippen molar-refractivity contribution < 1.29 is 9.59 Å². The van der Waals surface area contributed by atoms with Gasteiger partial charge in [-0.15, -0.1) is 0 Å². The zero-order valence-electron chi connectivity index (χ0n) is 13.9. The van der Waals surface area contributed by atoms with Crippen molar-refractivity contribution >= 4 is 23.3 Å². The molecule has 1 N–H and O–H groups in total. The summed E-state index contributed by atoms with van der Waals surface area (Å²) in [6.07, 6.45) is 2.57. The Morgan fingerprint density at radius 3 is 2.72 bits per heavy atom. The molecule has 0 aliphatic carbocycles. The monoisotopic (exact) mass is 336 g/mol. The van der Waals surface area contributed by atoms with Crippen LogP contribution in [0, 0.1) is 0 Å². The molecule has 25 heavy (non-hydrogen) atoms. The Morgan fingerprint density at radius 2 is 1.96 bits per heavy atom. The number of fused-ring (bicyclic) bond motifs is 1. The van der Waals surface area contributed by atoms with Gasteiger partial charge in [-0.2, -0.15) is 0 Å². The van der Waals surface area contributed by atoms with E-state index in [1.807, 2.05) is 41.3 Å². The van der Waals surface area contributed by atoms with E-state index in [-0.39, 0.29) is 11.8 Å². The van der Waals surface area contributed by atoms with Crippen LogP contribution < -0.4 is 10.2 Å². The van der Waals surface area contributed by atoms with E-state index < -0.39 is 0 Å². The van der Waals surface area contributed by atoms with E-state index in [1.54, 1.807) is 6.20 Å². The normalized spacial score (nSPS) is 16.6. The average Bonchev–Trinajstić information content (AvgIpc) is 3.02. The molecule has 2 aromatic rings. The van der Waals surface area contributed by atoms with Gasteiger partial charge in [0.25, 0.3) is 0 Å². The molecule has 4 rings (SSSR count). The van der Waals surface area contributed by atoms with Crippen LogP contribution in [-0.4, -0.2) is 47.9 Å². The van der Waals surface area contributed by atoms with E-state index in [4.69, 9.17) is 0 Å². The van der Waals surface area contributed by atoms with Crippen LogP contribution in [0.25, 0.3) is 0 Å². The number of hydrogen-bond donors (Lipinski definition) is 1. The van der Waals surface area contributed by atoms with Crippen LogP contribution in [0.3, 0.4) is 0 Å². The van der Waals surface area contributed by atoms with E-state index in [1.165, 1.54) is 0 Å². The van der Waals surface area contributed by atoms with Crippen LogP contribution in [0.5, 0.6) is 0 Å². The molecule has 2 aliphatic rings. The molecule has 1 aromatic heterocycles. The van der Waals surface area contributed by atoms with Crippen LogP contribution in [0.15, 0.2) is 42.6 Å². The van der Waals surface area contributed by atoms with E-state index in [0.29, 0.717) is 25.9 Å². The Labute approximate surface area is 146 Å². The molecular formula is C19H20N4O2. The SMILES string of the molecule is O=C1Cc2cc(CC(=O)N3CCN(c4ccccn4)CC3)ccc2N1. The van der Waals surface area contributed by atoms with Gasteiger partial charge in [0.2, 0.25) is 11.8 Å². The smallest absolute Gasteiger partial charge is 0.228 e. The van der Waals surface area contributed by atoms with Crippen molar-refractivity contribution in [2.75, 3.05) is 36.4 Å².